The number of amides is 1. The van der Waals surface area contributed by atoms with Crippen molar-refractivity contribution >= 4 is 17.5 Å². The van der Waals surface area contributed by atoms with Crippen LogP contribution in [0.15, 0.2) is 23.1 Å². The minimum Gasteiger partial charge on any atom is -0.345 e. The van der Waals surface area contributed by atoms with Gasteiger partial charge in [-0.3, -0.25) is 9.59 Å². The van der Waals surface area contributed by atoms with Crippen LogP contribution in [0.4, 0.5) is 0 Å². The molecule has 104 valence electrons. The first-order chi connectivity index (χ1) is 9.04. The van der Waals surface area contributed by atoms with Crippen molar-refractivity contribution in [3.8, 4) is 0 Å². The second kappa shape index (κ2) is 5.78. The average molecular weight is 283 g/mol. The highest BCUT2D eigenvalue weighted by Crippen LogP contribution is 2.32. The first-order valence-corrected chi connectivity index (χ1v) is 7.15. The van der Waals surface area contributed by atoms with Gasteiger partial charge in [-0.25, -0.2) is 0 Å². The van der Waals surface area contributed by atoms with Crippen LogP contribution in [-0.4, -0.2) is 22.3 Å². The van der Waals surface area contributed by atoms with Crippen LogP contribution in [0.2, 0.25) is 0 Å². The van der Waals surface area contributed by atoms with Crippen molar-refractivity contribution in [2.45, 2.75) is 38.1 Å². The Morgan fingerprint density at radius 1 is 1.47 bits per heavy atom. The number of alkyl halides is 1. The molecule has 0 spiro atoms. The maximum atomic E-state index is 12.2. The van der Waals surface area contributed by atoms with Crippen molar-refractivity contribution in [3.05, 3.63) is 34.2 Å². The molecule has 1 aliphatic carbocycles. The predicted octanol–water partition coefficient (Wildman–Crippen LogP) is 2.29. The van der Waals surface area contributed by atoms with Gasteiger partial charge < -0.3 is 10.3 Å². The molecule has 0 aromatic carbocycles. The summed E-state index contributed by atoms with van der Waals surface area (Å²) in [6.45, 7) is 2.22. The number of carbonyl (C=O) groups is 1. The zero-order valence-electron chi connectivity index (χ0n) is 11.0. The standard InChI is InChI=1S/C14H19ClN2O2/c1-10-4-6-14(9-15,7-5-10)17-13(19)11-2-3-12(18)16-8-11/h2-3,8,10H,4-7,9H2,1H3,(H,16,18)(H,17,19). The molecule has 0 radical (unpaired) electrons. The van der Waals surface area contributed by atoms with E-state index in [4.69, 9.17) is 11.6 Å². The van der Waals surface area contributed by atoms with Gasteiger partial charge in [-0.05, 0) is 37.7 Å². The third-order valence-electron chi connectivity index (χ3n) is 3.91. The van der Waals surface area contributed by atoms with Gasteiger partial charge in [0.1, 0.15) is 0 Å². The first kappa shape index (κ1) is 14.1. The van der Waals surface area contributed by atoms with Gasteiger partial charge in [-0.15, -0.1) is 11.6 Å². The molecular formula is C14H19ClN2O2. The highest BCUT2D eigenvalue weighted by atomic mass is 35.5. The van der Waals surface area contributed by atoms with E-state index in [1.807, 2.05) is 0 Å². The van der Waals surface area contributed by atoms with Crippen molar-refractivity contribution in [2.75, 3.05) is 5.88 Å². The molecule has 5 heteroatoms. The third kappa shape index (κ3) is 3.38. The Morgan fingerprint density at radius 3 is 2.68 bits per heavy atom. The van der Waals surface area contributed by atoms with Gasteiger partial charge in [0.15, 0.2) is 0 Å². The lowest BCUT2D eigenvalue weighted by Gasteiger charge is -2.38. The molecule has 1 aromatic rings. The minimum absolute atomic E-state index is 0.175. The van der Waals surface area contributed by atoms with E-state index in [0.29, 0.717) is 17.4 Å². The maximum Gasteiger partial charge on any atom is 0.253 e. The Labute approximate surface area is 117 Å². The van der Waals surface area contributed by atoms with Crippen LogP contribution in [0.5, 0.6) is 0 Å². The number of aromatic amines is 1. The van der Waals surface area contributed by atoms with Gasteiger partial charge in [0.25, 0.3) is 5.91 Å². The fraction of sp³-hybridized carbons (Fsp3) is 0.571. The topological polar surface area (TPSA) is 62.0 Å². The van der Waals surface area contributed by atoms with E-state index in [-0.39, 0.29) is 17.0 Å². The largest absolute Gasteiger partial charge is 0.345 e. The maximum absolute atomic E-state index is 12.2. The highest BCUT2D eigenvalue weighted by Gasteiger charge is 2.35. The molecule has 0 bridgehead atoms. The third-order valence-corrected chi connectivity index (χ3v) is 4.42. The van der Waals surface area contributed by atoms with E-state index in [1.165, 1.54) is 18.3 Å². The van der Waals surface area contributed by atoms with E-state index in [9.17, 15) is 9.59 Å². The van der Waals surface area contributed by atoms with Crippen molar-refractivity contribution in [2.24, 2.45) is 5.92 Å². The normalized spacial score (nSPS) is 26.9. The summed E-state index contributed by atoms with van der Waals surface area (Å²) >= 11 is 6.07. The molecule has 1 aromatic heterocycles. The van der Waals surface area contributed by atoms with Gasteiger partial charge >= 0.3 is 0 Å². The van der Waals surface area contributed by atoms with Gasteiger partial charge in [-0.2, -0.15) is 0 Å². The molecule has 4 nitrogen and oxygen atoms in total. The zero-order valence-corrected chi connectivity index (χ0v) is 11.8. The van der Waals surface area contributed by atoms with Crippen LogP contribution >= 0.6 is 11.6 Å². The number of hydrogen-bond donors (Lipinski definition) is 2. The molecule has 2 N–H and O–H groups in total. The summed E-state index contributed by atoms with van der Waals surface area (Å²) in [5, 5.41) is 3.05. The molecule has 1 amide bonds. The van der Waals surface area contributed by atoms with Crippen molar-refractivity contribution < 1.29 is 4.79 Å². The molecule has 0 saturated heterocycles. The van der Waals surface area contributed by atoms with Crippen LogP contribution < -0.4 is 10.9 Å². The van der Waals surface area contributed by atoms with E-state index in [2.05, 4.69) is 17.2 Å². The fourth-order valence-corrected chi connectivity index (χ4v) is 2.81. The number of hydrogen-bond acceptors (Lipinski definition) is 2. The Kier molecular flexibility index (Phi) is 4.30. The van der Waals surface area contributed by atoms with Crippen molar-refractivity contribution in [1.82, 2.24) is 10.3 Å². The number of nitrogens with one attached hydrogen (secondary N) is 2. The molecule has 0 atom stereocenters. The second-order valence-electron chi connectivity index (χ2n) is 5.49. The fourth-order valence-electron chi connectivity index (χ4n) is 2.47. The summed E-state index contributed by atoms with van der Waals surface area (Å²) < 4.78 is 0. The molecule has 1 aliphatic rings. The summed E-state index contributed by atoms with van der Waals surface area (Å²) in [4.78, 5) is 25.7. The van der Waals surface area contributed by atoms with Gasteiger partial charge in [-0.1, -0.05) is 6.92 Å². The first-order valence-electron chi connectivity index (χ1n) is 6.62. The smallest absolute Gasteiger partial charge is 0.253 e. The summed E-state index contributed by atoms with van der Waals surface area (Å²) in [7, 11) is 0. The lowest BCUT2D eigenvalue weighted by atomic mass is 9.78. The Bertz CT molecular complexity index is 484. The molecule has 1 fully saturated rings. The number of halogens is 1. The minimum atomic E-state index is -0.304. The number of H-pyrrole nitrogens is 1. The second-order valence-corrected chi connectivity index (χ2v) is 5.76. The Balaban J connectivity index is 2.08. The molecular weight excluding hydrogens is 264 g/mol. The highest BCUT2D eigenvalue weighted by molar-refractivity contribution is 6.19. The monoisotopic (exact) mass is 282 g/mol. The van der Waals surface area contributed by atoms with Crippen LogP contribution in [0.3, 0.4) is 0 Å². The summed E-state index contributed by atoms with van der Waals surface area (Å²) in [6.07, 6.45) is 5.42. The molecule has 0 aliphatic heterocycles. The van der Waals surface area contributed by atoms with Gasteiger partial charge in [0, 0.05) is 18.1 Å². The van der Waals surface area contributed by atoms with Gasteiger partial charge in [0.2, 0.25) is 5.56 Å². The van der Waals surface area contributed by atoms with Crippen molar-refractivity contribution in [3.63, 3.8) is 0 Å². The number of pyridine rings is 1. The Hall–Kier alpha value is -1.29. The summed E-state index contributed by atoms with van der Waals surface area (Å²) in [5.41, 5.74) is -0.0563. The van der Waals surface area contributed by atoms with E-state index >= 15 is 0 Å². The summed E-state index contributed by atoms with van der Waals surface area (Å²) in [6, 6.07) is 2.88. The molecule has 19 heavy (non-hydrogen) atoms. The quantitative estimate of drug-likeness (QED) is 0.836. The van der Waals surface area contributed by atoms with Gasteiger partial charge in [0.05, 0.1) is 11.1 Å². The lowest BCUT2D eigenvalue weighted by molar-refractivity contribution is 0.0872. The van der Waals surface area contributed by atoms with E-state index < -0.39 is 0 Å². The lowest BCUT2D eigenvalue weighted by Crippen LogP contribution is -2.52. The molecule has 0 unspecified atom stereocenters. The van der Waals surface area contributed by atoms with Crippen LogP contribution in [0.25, 0.3) is 0 Å². The van der Waals surface area contributed by atoms with E-state index in [0.717, 1.165) is 25.7 Å². The number of aromatic nitrogens is 1. The zero-order chi connectivity index (χ0) is 13.9. The van der Waals surface area contributed by atoms with E-state index in [1.54, 1.807) is 0 Å². The summed E-state index contributed by atoms with van der Waals surface area (Å²) in [5.74, 6) is 0.946. The molecule has 1 saturated carbocycles. The molecule has 2 rings (SSSR count). The van der Waals surface area contributed by atoms with Crippen molar-refractivity contribution in [1.29, 1.82) is 0 Å². The predicted molar refractivity (Wildman–Crippen MR) is 75.6 cm³/mol. The van der Waals surface area contributed by atoms with Crippen LogP contribution in [0.1, 0.15) is 43.0 Å². The average Bonchev–Trinajstić information content (AvgIpc) is 2.42. The van der Waals surface area contributed by atoms with Crippen LogP contribution in [-0.2, 0) is 0 Å². The Morgan fingerprint density at radius 2 is 2.16 bits per heavy atom. The van der Waals surface area contributed by atoms with Crippen LogP contribution in [0, 0.1) is 5.92 Å². The number of rotatable bonds is 3. The SMILES string of the molecule is CC1CCC(CCl)(NC(=O)c2ccc(=O)[nH]c2)CC1. The number of carbonyl (C=O) groups excluding carboxylic acids is 1. The molecule has 1 heterocycles.